The van der Waals surface area contributed by atoms with Gasteiger partial charge in [-0.15, -0.1) is 0 Å². The lowest BCUT2D eigenvalue weighted by atomic mass is 10.2. The first-order valence-corrected chi connectivity index (χ1v) is 8.47. The van der Waals surface area contributed by atoms with E-state index in [1.807, 2.05) is 11.6 Å². The highest BCUT2D eigenvalue weighted by atomic mass is 79.9. The van der Waals surface area contributed by atoms with Crippen LogP contribution in [0.5, 0.6) is 0 Å². The van der Waals surface area contributed by atoms with Crippen LogP contribution in [0.3, 0.4) is 0 Å². The molecule has 22 heavy (non-hydrogen) atoms. The molecule has 0 radical (unpaired) electrons. The van der Waals surface area contributed by atoms with Crippen molar-refractivity contribution in [2.75, 3.05) is 13.2 Å². The third-order valence-electron chi connectivity index (χ3n) is 3.79. The van der Waals surface area contributed by atoms with Gasteiger partial charge in [0, 0.05) is 13.2 Å². The number of nitrogens with zero attached hydrogens (tertiary/aromatic N) is 3. The number of thiocarbonyl (C=S) groups is 1. The maximum Gasteiger partial charge on any atom is 0.276 e. The molecule has 1 amide bonds. The minimum atomic E-state index is -0.115. The van der Waals surface area contributed by atoms with Crippen LogP contribution in [-0.2, 0) is 16.1 Å². The van der Waals surface area contributed by atoms with Crippen LogP contribution in [0.15, 0.2) is 16.4 Å². The largest absolute Gasteiger partial charge is 0.376 e. The van der Waals surface area contributed by atoms with Crippen molar-refractivity contribution in [3.63, 3.8) is 0 Å². The van der Waals surface area contributed by atoms with Crippen molar-refractivity contribution in [2.45, 2.75) is 32.4 Å². The Hall–Kier alpha value is -1.25. The van der Waals surface area contributed by atoms with Gasteiger partial charge in [-0.3, -0.25) is 14.4 Å². The summed E-state index contributed by atoms with van der Waals surface area (Å²) in [6, 6.07) is 0. The maximum absolute atomic E-state index is 12.5. The lowest BCUT2D eigenvalue weighted by Gasteiger charge is -2.18. The van der Waals surface area contributed by atoms with Crippen LogP contribution >= 0.6 is 28.1 Å². The zero-order valence-corrected chi connectivity index (χ0v) is 14.6. The average molecular weight is 385 g/mol. The van der Waals surface area contributed by atoms with Crippen molar-refractivity contribution in [1.82, 2.24) is 20.0 Å². The van der Waals surface area contributed by atoms with Gasteiger partial charge in [0.25, 0.3) is 5.91 Å². The Labute approximate surface area is 142 Å². The van der Waals surface area contributed by atoms with Crippen LogP contribution in [0.4, 0.5) is 0 Å². The topological polar surface area (TPSA) is 59.4 Å². The molecule has 3 rings (SSSR count). The minimum absolute atomic E-state index is 0.0796. The van der Waals surface area contributed by atoms with E-state index in [9.17, 15) is 4.79 Å². The molecule has 0 bridgehead atoms. The van der Waals surface area contributed by atoms with Crippen LogP contribution in [0.2, 0.25) is 0 Å². The SMILES string of the molecule is CCn1ncc(Br)c1/C=C1/NC(=S)N(CC2CCCO2)C1=O. The molecule has 8 heteroatoms. The molecule has 0 saturated carbocycles. The van der Waals surface area contributed by atoms with Gasteiger partial charge < -0.3 is 10.1 Å². The number of hydrogen-bond donors (Lipinski definition) is 1. The number of rotatable bonds is 4. The summed E-state index contributed by atoms with van der Waals surface area (Å²) in [6.07, 6.45) is 5.59. The summed E-state index contributed by atoms with van der Waals surface area (Å²) in [5, 5.41) is 7.67. The molecule has 1 unspecified atom stereocenters. The fourth-order valence-electron chi connectivity index (χ4n) is 2.63. The number of aryl methyl sites for hydroxylation is 1. The Bertz CT molecular complexity index is 637. The number of halogens is 1. The second kappa shape index (κ2) is 6.47. The summed E-state index contributed by atoms with van der Waals surface area (Å²) in [5.74, 6) is -0.115. The van der Waals surface area contributed by atoms with E-state index in [0.717, 1.165) is 36.2 Å². The highest BCUT2D eigenvalue weighted by Gasteiger charge is 2.33. The molecule has 118 valence electrons. The standard InChI is InChI=1S/C14H17BrN4O2S/c1-2-19-12(10(15)7-16-19)6-11-13(20)18(14(22)17-11)8-9-4-3-5-21-9/h6-7,9H,2-5,8H2,1H3,(H,17,22)/b11-6+. The van der Waals surface area contributed by atoms with Crippen LogP contribution in [0.1, 0.15) is 25.5 Å². The first-order valence-electron chi connectivity index (χ1n) is 7.27. The zero-order chi connectivity index (χ0) is 15.7. The van der Waals surface area contributed by atoms with Crippen LogP contribution in [0, 0.1) is 0 Å². The third-order valence-corrected chi connectivity index (χ3v) is 4.72. The molecule has 1 aromatic heterocycles. The van der Waals surface area contributed by atoms with Gasteiger partial charge >= 0.3 is 0 Å². The molecule has 2 fully saturated rings. The summed E-state index contributed by atoms with van der Waals surface area (Å²) >= 11 is 8.74. The van der Waals surface area contributed by atoms with Crippen molar-refractivity contribution in [3.8, 4) is 0 Å². The third kappa shape index (κ3) is 2.95. The van der Waals surface area contributed by atoms with E-state index in [1.165, 1.54) is 0 Å². The number of aromatic nitrogens is 2. The van der Waals surface area contributed by atoms with Gasteiger partial charge in [-0.05, 0) is 54.0 Å². The highest BCUT2D eigenvalue weighted by molar-refractivity contribution is 9.10. The number of carbonyl (C=O) groups is 1. The predicted molar refractivity (Wildman–Crippen MR) is 90.0 cm³/mol. The van der Waals surface area contributed by atoms with Gasteiger partial charge in [-0.1, -0.05) is 0 Å². The molecule has 1 N–H and O–H groups in total. The first-order chi connectivity index (χ1) is 10.6. The van der Waals surface area contributed by atoms with Gasteiger partial charge in [0.1, 0.15) is 5.70 Å². The molecule has 6 nitrogen and oxygen atoms in total. The van der Waals surface area contributed by atoms with Gasteiger partial charge in [0.15, 0.2) is 5.11 Å². The molecule has 0 aromatic carbocycles. The molecule has 1 aromatic rings. The van der Waals surface area contributed by atoms with Crippen LogP contribution in [-0.4, -0.2) is 45.0 Å². The van der Waals surface area contributed by atoms with Crippen molar-refractivity contribution < 1.29 is 9.53 Å². The van der Waals surface area contributed by atoms with Gasteiger partial charge in [0.05, 0.1) is 29.0 Å². The van der Waals surface area contributed by atoms with E-state index in [1.54, 1.807) is 17.2 Å². The summed E-state index contributed by atoms with van der Waals surface area (Å²) < 4.78 is 8.25. The van der Waals surface area contributed by atoms with Crippen molar-refractivity contribution in [2.24, 2.45) is 0 Å². The summed E-state index contributed by atoms with van der Waals surface area (Å²) in [6.45, 7) is 4.00. The molecule has 1 atom stereocenters. The lowest BCUT2D eigenvalue weighted by Crippen LogP contribution is -2.37. The summed E-state index contributed by atoms with van der Waals surface area (Å²) in [4.78, 5) is 14.1. The van der Waals surface area contributed by atoms with Crippen LogP contribution in [0.25, 0.3) is 6.08 Å². The quantitative estimate of drug-likeness (QED) is 0.634. The smallest absolute Gasteiger partial charge is 0.276 e. The van der Waals surface area contributed by atoms with Crippen molar-refractivity contribution in [1.29, 1.82) is 0 Å². The molecular weight excluding hydrogens is 368 g/mol. The molecular formula is C14H17BrN4O2S. The van der Waals surface area contributed by atoms with E-state index in [0.29, 0.717) is 17.4 Å². The number of carbonyl (C=O) groups excluding carboxylic acids is 1. The monoisotopic (exact) mass is 384 g/mol. The molecule has 3 heterocycles. The number of amides is 1. The Morgan fingerprint density at radius 1 is 1.64 bits per heavy atom. The van der Waals surface area contributed by atoms with Crippen molar-refractivity contribution >= 4 is 45.2 Å². The summed E-state index contributed by atoms with van der Waals surface area (Å²) in [7, 11) is 0. The first kappa shape index (κ1) is 15.6. The average Bonchev–Trinajstić information content (AvgIpc) is 3.19. The Balaban J connectivity index is 1.80. The molecule has 0 aliphatic carbocycles. The molecule has 2 aliphatic rings. The van der Waals surface area contributed by atoms with E-state index in [-0.39, 0.29) is 12.0 Å². The maximum atomic E-state index is 12.5. The molecule has 2 saturated heterocycles. The van der Waals surface area contributed by atoms with E-state index >= 15 is 0 Å². The second-order valence-corrected chi connectivity index (χ2v) is 6.47. The van der Waals surface area contributed by atoms with Crippen molar-refractivity contribution in [3.05, 3.63) is 22.1 Å². The Morgan fingerprint density at radius 2 is 2.45 bits per heavy atom. The lowest BCUT2D eigenvalue weighted by molar-refractivity contribution is -0.123. The van der Waals surface area contributed by atoms with Gasteiger partial charge in [0.2, 0.25) is 0 Å². The second-order valence-electron chi connectivity index (χ2n) is 5.23. The van der Waals surface area contributed by atoms with E-state index in [2.05, 4.69) is 26.3 Å². The number of hydrogen-bond acceptors (Lipinski definition) is 4. The van der Waals surface area contributed by atoms with Gasteiger partial charge in [-0.2, -0.15) is 5.10 Å². The number of ether oxygens (including phenoxy) is 1. The number of nitrogens with one attached hydrogen (secondary N) is 1. The Kier molecular flexibility index (Phi) is 4.60. The molecule has 2 aliphatic heterocycles. The van der Waals surface area contributed by atoms with Crippen LogP contribution < -0.4 is 5.32 Å². The highest BCUT2D eigenvalue weighted by Crippen LogP contribution is 2.22. The predicted octanol–water partition coefficient (Wildman–Crippen LogP) is 1.90. The fraction of sp³-hybridized carbons (Fsp3) is 0.500. The summed E-state index contributed by atoms with van der Waals surface area (Å²) in [5.41, 5.74) is 1.32. The fourth-order valence-corrected chi connectivity index (χ4v) is 3.31. The van der Waals surface area contributed by atoms with Gasteiger partial charge in [-0.25, -0.2) is 0 Å². The molecule has 0 spiro atoms. The van der Waals surface area contributed by atoms with E-state index < -0.39 is 0 Å². The normalized spacial score (nSPS) is 23.6. The van der Waals surface area contributed by atoms with E-state index in [4.69, 9.17) is 17.0 Å². The minimum Gasteiger partial charge on any atom is -0.376 e. The zero-order valence-electron chi connectivity index (χ0n) is 12.2. The Morgan fingerprint density at radius 3 is 3.14 bits per heavy atom.